The van der Waals surface area contributed by atoms with E-state index in [0.29, 0.717) is 41.8 Å². The maximum atomic E-state index is 13.1. The number of carbonyl (C=O) groups is 1. The number of H-pyrrole nitrogens is 1. The van der Waals surface area contributed by atoms with Gasteiger partial charge in [-0.25, -0.2) is 0 Å². The van der Waals surface area contributed by atoms with E-state index in [1.807, 2.05) is 4.90 Å². The van der Waals surface area contributed by atoms with Gasteiger partial charge in [0, 0.05) is 25.4 Å². The van der Waals surface area contributed by atoms with E-state index in [4.69, 9.17) is 9.47 Å². The number of nitriles is 1. The highest BCUT2D eigenvalue weighted by atomic mass is 16.5. The molecule has 9 nitrogen and oxygen atoms in total. The van der Waals surface area contributed by atoms with E-state index in [1.165, 1.54) is 0 Å². The molecule has 3 aliphatic rings. The molecule has 0 radical (unpaired) electrons. The smallest absolute Gasteiger partial charge is 0.258 e. The summed E-state index contributed by atoms with van der Waals surface area (Å²) in [4.78, 5) is 35.2. The van der Waals surface area contributed by atoms with Crippen molar-refractivity contribution in [2.24, 2.45) is 5.92 Å². The predicted octanol–water partition coefficient (Wildman–Crippen LogP) is 1.76. The van der Waals surface area contributed by atoms with Crippen molar-refractivity contribution in [2.75, 3.05) is 36.5 Å². The van der Waals surface area contributed by atoms with Crippen molar-refractivity contribution in [2.45, 2.75) is 25.2 Å². The Bertz CT molecular complexity index is 1100. The molecule has 1 aromatic heterocycles. The normalized spacial score (nSPS) is 22.6. The highest BCUT2D eigenvalue weighted by molar-refractivity contribution is 5.98. The molecule has 9 heteroatoms. The summed E-state index contributed by atoms with van der Waals surface area (Å²) >= 11 is 0. The van der Waals surface area contributed by atoms with Gasteiger partial charge >= 0.3 is 0 Å². The van der Waals surface area contributed by atoms with Crippen LogP contribution in [-0.4, -0.2) is 42.2 Å². The number of carbonyl (C=O) groups excluding carboxylic acids is 1. The minimum atomic E-state index is -1.05. The van der Waals surface area contributed by atoms with Gasteiger partial charge in [0.05, 0.1) is 24.8 Å². The molecule has 154 valence electrons. The lowest BCUT2D eigenvalue weighted by molar-refractivity contribution is -0.119. The van der Waals surface area contributed by atoms with E-state index >= 15 is 0 Å². The molecule has 0 saturated carbocycles. The van der Waals surface area contributed by atoms with Crippen molar-refractivity contribution in [3.63, 3.8) is 0 Å². The van der Waals surface area contributed by atoms with Crippen LogP contribution in [0.5, 0.6) is 11.5 Å². The Morgan fingerprint density at radius 3 is 2.63 bits per heavy atom. The number of benzene rings is 1. The third-order valence-electron chi connectivity index (χ3n) is 5.79. The molecule has 1 amide bonds. The molecule has 2 aromatic rings. The summed E-state index contributed by atoms with van der Waals surface area (Å²) < 4.78 is 11.4. The number of aromatic amines is 1. The molecule has 0 bridgehead atoms. The van der Waals surface area contributed by atoms with Gasteiger partial charge in [0.25, 0.3) is 5.56 Å². The largest absolute Gasteiger partial charge is 0.490 e. The predicted molar refractivity (Wildman–Crippen MR) is 108 cm³/mol. The lowest BCUT2D eigenvalue weighted by atomic mass is 9.79. The molecular weight excluding hydrogens is 386 g/mol. The van der Waals surface area contributed by atoms with Crippen molar-refractivity contribution in [3.8, 4) is 17.6 Å². The van der Waals surface area contributed by atoms with E-state index in [2.05, 4.69) is 21.4 Å². The molecule has 1 fully saturated rings. The van der Waals surface area contributed by atoms with Crippen LogP contribution in [0.2, 0.25) is 0 Å². The number of nitrogens with one attached hydrogen (secondary N) is 2. The Labute approximate surface area is 172 Å². The van der Waals surface area contributed by atoms with Gasteiger partial charge in [-0.1, -0.05) is 6.07 Å². The average molecular weight is 407 g/mol. The fraction of sp³-hybridized carbons (Fsp3) is 0.429. The van der Waals surface area contributed by atoms with Gasteiger partial charge in [-0.05, 0) is 30.5 Å². The molecule has 3 aliphatic heterocycles. The molecule has 0 spiro atoms. The highest BCUT2D eigenvalue weighted by Gasteiger charge is 2.41. The summed E-state index contributed by atoms with van der Waals surface area (Å²) in [6.45, 7) is 2.69. The Balaban J connectivity index is 1.63. The number of rotatable bonds is 2. The van der Waals surface area contributed by atoms with Crippen LogP contribution in [0.25, 0.3) is 0 Å². The summed E-state index contributed by atoms with van der Waals surface area (Å²) in [6.07, 6.45) is 2.83. The number of ether oxygens (including phenoxy) is 2. The maximum absolute atomic E-state index is 13.1. The number of aromatic nitrogens is 2. The van der Waals surface area contributed by atoms with Crippen molar-refractivity contribution in [1.29, 1.82) is 5.26 Å². The molecule has 5 rings (SSSR count). The summed E-state index contributed by atoms with van der Waals surface area (Å²) in [6, 6.07) is 7.35. The Hall–Kier alpha value is -3.54. The van der Waals surface area contributed by atoms with Gasteiger partial charge in [-0.15, -0.1) is 0 Å². The van der Waals surface area contributed by atoms with Gasteiger partial charge in [0.15, 0.2) is 11.5 Å². The van der Waals surface area contributed by atoms with Crippen LogP contribution < -0.4 is 25.2 Å². The third-order valence-corrected chi connectivity index (χ3v) is 5.79. The second-order valence-electron chi connectivity index (χ2n) is 7.68. The Morgan fingerprint density at radius 2 is 1.87 bits per heavy atom. The third kappa shape index (κ3) is 3.05. The average Bonchev–Trinajstić information content (AvgIpc) is 3.18. The van der Waals surface area contributed by atoms with E-state index in [0.717, 1.165) is 32.4 Å². The summed E-state index contributed by atoms with van der Waals surface area (Å²) in [5.41, 5.74) is 0.584. The second-order valence-corrected chi connectivity index (χ2v) is 7.68. The number of nitrogens with zero attached hydrogens (tertiary/aromatic N) is 3. The first-order valence-corrected chi connectivity index (χ1v) is 10.1. The van der Waals surface area contributed by atoms with Crippen LogP contribution >= 0.6 is 0 Å². The van der Waals surface area contributed by atoms with Crippen molar-refractivity contribution >= 4 is 17.7 Å². The number of fused-ring (bicyclic) bond motifs is 2. The van der Waals surface area contributed by atoms with Crippen LogP contribution in [0.15, 0.2) is 23.0 Å². The highest BCUT2D eigenvalue weighted by Crippen LogP contribution is 2.41. The zero-order valence-corrected chi connectivity index (χ0v) is 16.3. The van der Waals surface area contributed by atoms with Crippen LogP contribution in [0.4, 0.5) is 11.8 Å². The zero-order valence-electron chi connectivity index (χ0n) is 16.3. The fourth-order valence-electron chi connectivity index (χ4n) is 4.31. The molecule has 4 heterocycles. The van der Waals surface area contributed by atoms with Gasteiger partial charge in [0.2, 0.25) is 11.9 Å². The number of amides is 1. The lowest BCUT2D eigenvalue weighted by Gasteiger charge is -2.29. The van der Waals surface area contributed by atoms with Crippen LogP contribution in [0.3, 0.4) is 0 Å². The van der Waals surface area contributed by atoms with Crippen LogP contribution in [0.1, 0.15) is 36.3 Å². The summed E-state index contributed by atoms with van der Waals surface area (Å²) in [7, 11) is 0. The van der Waals surface area contributed by atoms with E-state index in [1.54, 1.807) is 18.2 Å². The van der Waals surface area contributed by atoms with Crippen molar-refractivity contribution in [3.05, 3.63) is 39.7 Å². The number of anilines is 2. The minimum Gasteiger partial charge on any atom is -0.490 e. The monoisotopic (exact) mass is 407 g/mol. The molecular formula is C21H21N5O4. The molecule has 1 aromatic carbocycles. The quantitative estimate of drug-likeness (QED) is 0.778. The van der Waals surface area contributed by atoms with E-state index in [-0.39, 0.29) is 11.4 Å². The van der Waals surface area contributed by atoms with Crippen molar-refractivity contribution in [1.82, 2.24) is 9.97 Å². The fourth-order valence-corrected chi connectivity index (χ4v) is 4.31. The molecule has 0 aliphatic carbocycles. The SMILES string of the molecule is N#CC1C(=O)Nc2nc(N3CCCC3)[nH]c(=O)c2C1c1ccc2c(c1)OCCCO2. The van der Waals surface area contributed by atoms with Crippen LogP contribution in [-0.2, 0) is 4.79 Å². The summed E-state index contributed by atoms with van der Waals surface area (Å²) in [5.74, 6) is -0.442. The van der Waals surface area contributed by atoms with Gasteiger partial charge < -0.3 is 19.7 Å². The van der Waals surface area contributed by atoms with Gasteiger partial charge in [-0.2, -0.15) is 10.2 Å². The zero-order chi connectivity index (χ0) is 20.7. The van der Waals surface area contributed by atoms with E-state index < -0.39 is 17.7 Å². The molecule has 1 saturated heterocycles. The standard InChI is InChI=1S/C21H21N5O4/c22-11-13-16(12-4-5-14-15(10-12)30-9-3-8-29-14)17-18(23-19(13)27)24-21(25-20(17)28)26-6-1-2-7-26/h4-5,10,13,16H,1-3,6-9H2,(H2,23,24,25,27,28). The van der Waals surface area contributed by atoms with Gasteiger partial charge in [-0.3, -0.25) is 14.6 Å². The first-order valence-electron chi connectivity index (χ1n) is 10.1. The Kier molecular flexibility index (Phi) is 4.54. The minimum absolute atomic E-state index is 0.217. The van der Waals surface area contributed by atoms with E-state index in [9.17, 15) is 14.9 Å². The second kappa shape index (κ2) is 7.37. The van der Waals surface area contributed by atoms with Crippen LogP contribution in [0, 0.1) is 17.2 Å². The topological polar surface area (TPSA) is 120 Å². The number of hydrogen-bond acceptors (Lipinski definition) is 7. The maximum Gasteiger partial charge on any atom is 0.258 e. The first kappa shape index (κ1) is 18.5. The Morgan fingerprint density at radius 1 is 1.10 bits per heavy atom. The molecule has 2 N–H and O–H groups in total. The first-order chi connectivity index (χ1) is 14.7. The molecule has 2 atom stereocenters. The van der Waals surface area contributed by atoms with Crippen molar-refractivity contribution < 1.29 is 14.3 Å². The molecule has 30 heavy (non-hydrogen) atoms. The number of hydrogen-bond donors (Lipinski definition) is 2. The summed E-state index contributed by atoms with van der Waals surface area (Å²) in [5, 5.41) is 12.4. The van der Waals surface area contributed by atoms with Gasteiger partial charge in [0.1, 0.15) is 11.7 Å². The molecule has 2 unspecified atom stereocenters. The lowest BCUT2D eigenvalue weighted by Crippen LogP contribution is -2.39.